The SMILES string of the molecule is CC(C)NC(=O)CCCCCCCCCCCCC(=O)O. The van der Waals surface area contributed by atoms with Gasteiger partial charge in [0.15, 0.2) is 0 Å². The topological polar surface area (TPSA) is 66.4 Å². The number of hydrogen-bond donors (Lipinski definition) is 2. The summed E-state index contributed by atoms with van der Waals surface area (Å²) in [5.74, 6) is -0.511. The molecule has 0 heterocycles. The Hall–Kier alpha value is -1.06. The molecule has 124 valence electrons. The molecule has 0 saturated carbocycles. The summed E-state index contributed by atoms with van der Waals surface area (Å²) in [6, 6.07) is 0.244. The maximum Gasteiger partial charge on any atom is 0.303 e. The van der Waals surface area contributed by atoms with Crippen molar-refractivity contribution in [3.05, 3.63) is 0 Å². The lowest BCUT2D eigenvalue weighted by molar-refractivity contribution is -0.137. The zero-order valence-corrected chi connectivity index (χ0v) is 13.8. The van der Waals surface area contributed by atoms with Crippen LogP contribution in [0.1, 0.15) is 90.9 Å². The van der Waals surface area contributed by atoms with Crippen LogP contribution in [0.25, 0.3) is 0 Å². The molecule has 4 nitrogen and oxygen atoms in total. The summed E-state index contributed by atoms with van der Waals surface area (Å²) in [6.45, 7) is 3.97. The molecule has 4 heteroatoms. The van der Waals surface area contributed by atoms with Crippen LogP contribution in [0, 0.1) is 0 Å². The maximum absolute atomic E-state index is 11.4. The summed E-state index contributed by atoms with van der Waals surface area (Å²) in [5.41, 5.74) is 0. The Morgan fingerprint density at radius 1 is 0.762 bits per heavy atom. The second kappa shape index (κ2) is 13.9. The summed E-state index contributed by atoms with van der Waals surface area (Å²) in [7, 11) is 0. The number of aliphatic carboxylic acids is 1. The number of unbranched alkanes of at least 4 members (excludes halogenated alkanes) is 9. The van der Waals surface area contributed by atoms with Crippen molar-refractivity contribution in [3.8, 4) is 0 Å². The summed E-state index contributed by atoms with van der Waals surface area (Å²) >= 11 is 0. The van der Waals surface area contributed by atoms with Gasteiger partial charge in [-0.15, -0.1) is 0 Å². The van der Waals surface area contributed by atoms with Crippen LogP contribution < -0.4 is 5.32 Å². The number of rotatable bonds is 14. The number of amides is 1. The van der Waals surface area contributed by atoms with Crippen molar-refractivity contribution in [3.63, 3.8) is 0 Å². The molecule has 0 aliphatic heterocycles. The Labute approximate surface area is 129 Å². The lowest BCUT2D eigenvalue weighted by Crippen LogP contribution is -2.29. The highest BCUT2D eigenvalue weighted by atomic mass is 16.4. The van der Waals surface area contributed by atoms with E-state index in [1.165, 1.54) is 32.1 Å². The molecular formula is C17H33NO3. The van der Waals surface area contributed by atoms with E-state index in [2.05, 4.69) is 5.32 Å². The Morgan fingerprint density at radius 2 is 1.14 bits per heavy atom. The van der Waals surface area contributed by atoms with Gasteiger partial charge in [0.25, 0.3) is 0 Å². The van der Waals surface area contributed by atoms with Crippen LogP contribution in [-0.4, -0.2) is 23.0 Å². The quantitative estimate of drug-likeness (QED) is 0.470. The van der Waals surface area contributed by atoms with Crippen LogP contribution in [-0.2, 0) is 9.59 Å². The third kappa shape index (κ3) is 16.9. The van der Waals surface area contributed by atoms with Crippen molar-refractivity contribution < 1.29 is 14.7 Å². The molecule has 0 atom stereocenters. The normalized spacial score (nSPS) is 10.8. The molecule has 0 saturated heterocycles. The van der Waals surface area contributed by atoms with Gasteiger partial charge in [-0.2, -0.15) is 0 Å². The van der Waals surface area contributed by atoms with E-state index < -0.39 is 5.97 Å². The maximum atomic E-state index is 11.4. The van der Waals surface area contributed by atoms with Crippen molar-refractivity contribution in [1.29, 1.82) is 0 Å². The zero-order chi connectivity index (χ0) is 15.9. The van der Waals surface area contributed by atoms with Crippen LogP contribution >= 0.6 is 0 Å². The molecule has 0 radical (unpaired) electrons. The van der Waals surface area contributed by atoms with E-state index in [0.717, 1.165) is 32.1 Å². The van der Waals surface area contributed by atoms with Crippen molar-refractivity contribution in [2.45, 2.75) is 96.9 Å². The highest BCUT2D eigenvalue weighted by molar-refractivity contribution is 5.76. The highest BCUT2D eigenvalue weighted by Gasteiger charge is 2.02. The van der Waals surface area contributed by atoms with E-state index in [1.54, 1.807) is 0 Å². The van der Waals surface area contributed by atoms with Gasteiger partial charge < -0.3 is 10.4 Å². The number of carbonyl (C=O) groups excluding carboxylic acids is 1. The Morgan fingerprint density at radius 3 is 1.52 bits per heavy atom. The first-order valence-electron chi connectivity index (χ1n) is 8.53. The molecule has 0 aromatic carbocycles. The minimum absolute atomic E-state index is 0.173. The molecule has 0 aromatic rings. The molecule has 0 bridgehead atoms. The van der Waals surface area contributed by atoms with Gasteiger partial charge >= 0.3 is 5.97 Å². The lowest BCUT2D eigenvalue weighted by Gasteiger charge is -2.07. The van der Waals surface area contributed by atoms with E-state index in [1.807, 2.05) is 13.8 Å². The minimum Gasteiger partial charge on any atom is -0.481 e. The lowest BCUT2D eigenvalue weighted by atomic mass is 10.1. The van der Waals surface area contributed by atoms with Gasteiger partial charge in [0, 0.05) is 18.9 Å². The molecule has 1 amide bonds. The van der Waals surface area contributed by atoms with Crippen molar-refractivity contribution >= 4 is 11.9 Å². The monoisotopic (exact) mass is 299 g/mol. The zero-order valence-electron chi connectivity index (χ0n) is 13.8. The first-order valence-corrected chi connectivity index (χ1v) is 8.53. The fraction of sp³-hybridized carbons (Fsp3) is 0.882. The summed E-state index contributed by atoms with van der Waals surface area (Å²) in [6.07, 6.45) is 12.3. The van der Waals surface area contributed by atoms with Crippen LogP contribution in [0.2, 0.25) is 0 Å². The van der Waals surface area contributed by atoms with Crippen LogP contribution in [0.15, 0.2) is 0 Å². The fourth-order valence-electron chi connectivity index (χ4n) is 2.37. The van der Waals surface area contributed by atoms with E-state index >= 15 is 0 Å². The first kappa shape index (κ1) is 19.9. The molecule has 0 spiro atoms. The molecular weight excluding hydrogens is 266 g/mol. The highest BCUT2D eigenvalue weighted by Crippen LogP contribution is 2.12. The third-order valence-electron chi connectivity index (χ3n) is 3.49. The number of carbonyl (C=O) groups is 2. The van der Waals surface area contributed by atoms with E-state index in [4.69, 9.17) is 5.11 Å². The van der Waals surface area contributed by atoms with Gasteiger partial charge in [-0.05, 0) is 26.7 Å². The predicted octanol–water partition coefficient (Wildman–Crippen LogP) is 4.28. The van der Waals surface area contributed by atoms with Gasteiger partial charge in [0.05, 0.1) is 0 Å². The average molecular weight is 299 g/mol. The molecule has 0 aliphatic rings. The molecule has 0 aromatic heterocycles. The van der Waals surface area contributed by atoms with E-state index in [-0.39, 0.29) is 11.9 Å². The summed E-state index contributed by atoms with van der Waals surface area (Å²) in [5, 5.41) is 11.4. The summed E-state index contributed by atoms with van der Waals surface area (Å²) in [4.78, 5) is 21.7. The Balaban J connectivity index is 3.12. The standard InChI is InChI=1S/C17H33NO3/c1-15(2)18-16(19)13-11-9-7-5-3-4-6-8-10-12-14-17(20)21/h15H,3-14H2,1-2H3,(H,18,19)(H,20,21). The van der Waals surface area contributed by atoms with Crippen LogP contribution in [0.3, 0.4) is 0 Å². The first-order chi connectivity index (χ1) is 10.0. The van der Waals surface area contributed by atoms with E-state index in [9.17, 15) is 9.59 Å². The predicted molar refractivity (Wildman–Crippen MR) is 86.3 cm³/mol. The largest absolute Gasteiger partial charge is 0.481 e. The average Bonchev–Trinajstić information content (AvgIpc) is 2.38. The van der Waals surface area contributed by atoms with Gasteiger partial charge in [-0.3, -0.25) is 9.59 Å². The second-order valence-electron chi connectivity index (χ2n) is 6.15. The third-order valence-corrected chi connectivity index (χ3v) is 3.49. The van der Waals surface area contributed by atoms with Crippen molar-refractivity contribution in [2.24, 2.45) is 0 Å². The van der Waals surface area contributed by atoms with Gasteiger partial charge in [-0.25, -0.2) is 0 Å². The van der Waals surface area contributed by atoms with Gasteiger partial charge in [0.1, 0.15) is 0 Å². The minimum atomic E-state index is -0.683. The Kier molecular flexibility index (Phi) is 13.2. The number of carboxylic acids is 1. The Bertz CT molecular complexity index is 277. The van der Waals surface area contributed by atoms with Crippen LogP contribution in [0.5, 0.6) is 0 Å². The van der Waals surface area contributed by atoms with E-state index in [0.29, 0.717) is 12.8 Å². The van der Waals surface area contributed by atoms with Crippen molar-refractivity contribution in [2.75, 3.05) is 0 Å². The number of carboxylic acid groups (broad SMARTS) is 1. The summed E-state index contributed by atoms with van der Waals surface area (Å²) < 4.78 is 0. The van der Waals surface area contributed by atoms with Crippen LogP contribution in [0.4, 0.5) is 0 Å². The molecule has 0 fully saturated rings. The second-order valence-corrected chi connectivity index (χ2v) is 6.15. The molecule has 0 aliphatic carbocycles. The van der Waals surface area contributed by atoms with Crippen molar-refractivity contribution in [1.82, 2.24) is 5.32 Å². The fourth-order valence-corrected chi connectivity index (χ4v) is 2.37. The van der Waals surface area contributed by atoms with Gasteiger partial charge in [-0.1, -0.05) is 51.4 Å². The van der Waals surface area contributed by atoms with Gasteiger partial charge in [0.2, 0.25) is 5.91 Å². The number of hydrogen-bond acceptors (Lipinski definition) is 2. The smallest absolute Gasteiger partial charge is 0.303 e. The molecule has 21 heavy (non-hydrogen) atoms. The number of nitrogens with one attached hydrogen (secondary N) is 1. The molecule has 0 rings (SSSR count). The molecule has 0 unspecified atom stereocenters. The molecule has 2 N–H and O–H groups in total.